The number of anilines is 1. The third kappa shape index (κ3) is 7.12. The maximum atomic E-state index is 11.9. The molecule has 2 aromatic rings. The number of furan rings is 1. The molecule has 0 radical (unpaired) electrons. The molecule has 148 valence electrons. The second kappa shape index (κ2) is 10.4. The third-order valence-corrected chi connectivity index (χ3v) is 4.30. The first-order chi connectivity index (χ1) is 13.2. The van der Waals surface area contributed by atoms with Crippen molar-refractivity contribution in [3.05, 3.63) is 50.8 Å². The lowest BCUT2D eigenvalue weighted by atomic mass is 10.2. The van der Waals surface area contributed by atoms with Gasteiger partial charge in [0, 0.05) is 17.9 Å². The topological polar surface area (TPSA) is 112 Å². The van der Waals surface area contributed by atoms with E-state index in [2.05, 4.69) is 37.4 Å². The summed E-state index contributed by atoms with van der Waals surface area (Å²) >= 11 is 19.7. The van der Waals surface area contributed by atoms with Crippen LogP contribution >= 0.6 is 51.3 Å². The molecule has 0 aliphatic rings. The molecule has 0 aliphatic carbocycles. The Balaban J connectivity index is 1.69. The van der Waals surface area contributed by atoms with Crippen LogP contribution in [0.25, 0.3) is 0 Å². The predicted molar refractivity (Wildman–Crippen MR) is 112 cm³/mol. The van der Waals surface area contributed by atoms with E-state index >= 15 is 0 Å². The van der Waals surface area contributed by atoms with Crippen LogP contribution in [0, 0.1) is 0 Å². The molecule has 3 amide bonds. The second-order valence-electron chi connectivity index (χ2n) is 5.23. The van der Waals surface area contributed by atoms with Crippen LogP contribution in [0.2, 0.25) is 10.0 Å². The lowest BCUT2D eigenvalue weighted by molar-refractivity contribution is -0.124. The molecule has 28 heavy (non-hydrogen) atoms. The molecule has 1 aromatic heterocycles. The van der Waals surface area contributed by atoms with E-state index in [4.69, 9.17) is 39.8 Å². The fourth-order valence-electron chi connectivity index (χ4n) is 1.85. The van der Waals surface area contributed by atoms with Gasteiger partial charge in [-0.1, -0.05) is 23.2 Å². The van der Waals surface area contributed by atoms with Crippen LogP contribution in [0.1, 0.15) is 23.4 Å². The lowest BCUT2D eigenvalue weighted by Gasteiger charge is -2.10. The Morgan fingerprint density at radius 2 is 1.75 bits per heavy atom. The Kier molecular flexibility index (Phi) is 8.24. The van der Waals surface area contributed by atoms with Gasteiger partial charge in [-0.15, -0.1) is 0 Å². The zero-order valence-electron chi connectivity index (χ0n) is 14.0. The maximum absolute atomic E-state index is 11.9. The SMILES string of the molecule is O=C(CCC(=O)Nc1ccc(Cl)cc1Cl)NNC(=S)NC(=O)c1ccc(Br)o1. The minimum atomic E-state index is -0.586. The fourth-order valence-corrected chi connectivity index (χ4v) is 2.76. The van der Waals surface area contributed by atoms with Gasteiger partial charge in [0.05, 0.1) is 10.7 Å². The highest BCUT2D eigenvalue weighted by Crippen LogP contribution is 2.25. The highest BCUT2D eigenvalue weighted by molar-refractivity contribution is 9.10. The van der Waals surface area contributed by atoms with E-state index in [0.29, 0.717) is 15.4 Å². The smallest absolute Gasteiger partial charge is 0.293 e. The first-order valence-electron chi connectivity index (χ1n) is 7.65. The van der Waals surface area contributed by atoms with Gasteiger partial charge in [0.1, 0.15) is 0 Å². The van der Waals surface area contributed by atoms with Crippen LogP contribution in [0.15, 0.2) is 39.4 Å². The normalized spacial score (nSPS) is 10.1. The van der Waals surface area contributed by atoms with E-state index in [-0.39, 0.29) is 28.7 Å². The number of nitrogens with one attached hydrogen (secondary N) is 4. The second-order valence-corrected chi connectivity index (χ2v) is 7.27. The van der Waals surface area contributed by atoms with Crippen molar-refractivity contribution in [2.24, 2.45) is 0 Å². The van der Waals surface area contributed by atoms with Crippen LogP contribution in [0.3, 0.4) is 0 Å². The Bertz CT molecular complexity index is 922. The summed E-state index contributed by atoms with van der Waals surface area (Å²) < 4.78 is 5.46. The molecule has 2 rings (SSSR count). The summed E-state index contributed by atoms with van der Waals surface area (Å²) in [6, 6.07) is 7.63. The number of benzene rings is 1. The zero-order chi connectivity index (χ0) is 20.7. The number of hydrogen-bond donors (Lipinski definition) is 4. The molecule has 0 saturated heterocycles. The largest absolute Gasteiger partial charge is 0.444 e. The number of halogens is 3. The number of hydrogen-bond acceptors (Lipinski definition) is 5. The van der Waals surface area contributed by atoms with E-state index < -0.39 is 17.7 Å². The average Bonchev–Trinajstić information content (AvgIpc) is 3.07. The summed E-state index contributed by atoms with van der Waals surface area (Å²) in [7, 11) is 0. The van der Waals surface area contributed by atoms with Crippen molar-refractivity contribution in [3.63, 3.8) is 0 Å². The molecule has 0 spiro atoms. The van der Waals surface area contributed by atoms with Crippen LogP contribution in [0.4, 0.5) is 5.69 Å². The minimum Gasteiger partial charge on any atom is -0.444 e. The number of hydrazine groups is 1. The van der Waals surface area contributed by atoms with Crippen molar-refractivity contribution in [1.29, 1.82) is 0 Å². The molecule has 0 aliphatic heterocycles. The van der Waals surface area contributed by atoms with Crippen molar-refractivity contribution in [3.8, 4) is 0 Å². The highest BCUT2D eigenvalue weighted by Gasteiger charge is 2.13. The van der Waals surface area contributed by atoms with E-state index in [0.717, 1.165) is 0 Å². The molecule has 0 saturated carbocycles. The minimum absolute atomic E-state index is 0.0416. The summed E-state index contributed by atoms with van der Waals surface area (Å²) in [6.07, 6.45) is -0.211. The van der Waals surface area contributed by atoms with Gasteiger partial charge in [0.15, 0.2) is 15.5 Å². The van der Waals surface area contributed by atoms with Gasteiger partial charge in [-0.3, -0.25) is 30.6 Å². The average molecular weight is 508 g/mol. The van der Waals surface area contributed by atoms with Gasteiger partial charge in [0.25, 0.3) is 5.91 Å². The summed E-state index contributed by atoms with van der Waals surface area (Å²) in [5, 5.41) is 5.49. The Morgan fingerprint density at radius 1 is 1.04 bits per heavy atom. The number of carbonyl (C=O) groups is 3. The fraction of sp³-hybridized carbons (Fsp3) is 0.125. The molecule has 1 aromatic carbocycles. The van der Waals surface area contributed by atoms with E-state index in [1.807, 2.05) is 0 Å². The van der Waals surface area contributed by atoms with Crippen LogP contribution in [0.5, 0.6) is 0 Å². The molecule has 4 N–H and O–H groups in total. The van der Waals surface area contributed by atoms with E-state index in [1.54, 1.807) is 18.2 Å². The first-order valence-corrected chi connectivity index (χ1v) is 9.60. The number of carbonyl (C=O) groups excluding carboxylic acids is 3. The van der Waals surface area contributed by atoms with E-state index in [1.165, 1.54) is 12.1 Å². The molecular formula is C16H13BrCl2N4O4S. The van der Waals surface area contributed by atoms with Gasteiger partial charge in [0.2, 0.25) is 11.8 Å². The van der Waals surface area contributed by atoms with Crippen molar-refractivity contribution in [1.82, 2.24) is 16.2 Å². The Labute approximate surface area is 183 Å². The van der Waals surface area contributed by atoms with Crippen molar-refractivity contribution < 1.29 is 18.8 Å². The quantitative estimate of drug-likeness (QED) is 0.364. The van der Waals surface area contributed by atoms with Gasteiger partial charge < -0.3 is 9.73 Å². The Morgan fingerprint density at radius 3 is 2.39 bits per heavy atom. The monoisotopic (exact) mass is 506 g/mol. The van der Waals surface area contributed by atoms with Gasteiger partial charge >= 0.3 is 0 Å². The summed E-state index contributed by atoms with van der Waals surface area (Å²) in [5.74, 6) is -1.45. The molecule has 12 heteroatoms. The molecule has 8 nitrogen and oxygen atoms in total. The first kappa shape index (κ1) is 22.2. The molecular weight excluding hydrogens is 495 g/mol. The summed E-state index contributed by atoms with van der Waals surface area (Å²) in [5.41, 5.74) is 5.02. The van der Waals surface area contributed by atoms with Crippen LogP contribution in [-0.4, -0.2) is 22.8 Å². The van der Waals surface area contributed by atoms with Crippen molar-refractivity contribution in [2.75, 3.05) is 5.32 Å². The lowest BCUT2D eigenvalue weighted by Crippen LogP contribution is -2.48. The predicted octanol–water partition coefficient (Wildman–Crippen LogP) is 3.40. The zero-order valence-corrected chi connectivity index (χ0v) is 17.9. The van der Waals surface area contributed by atoms with Gasteiger partial charge in [-0.25, -0.2) is 0 Å². The van der Waals surface area contributed by atoms with Crippen LogP contribution < -0.4 is 21.5 Å². The van der Waals surface area contributed by atoms with E-state index in [9.17, 15) is 14.4 Å². The summed E-state index contributed by atoms with van der Waals surface area (Å²) in [6.45, 7) is 0. The van der Waals surface area contributed by atoms with Crippen molar-refractivity contribution in [2.45, 2.75) is 12.8 Å². The maximum Gasteiger partial charge on any atom is 0.293 e. The number of rotatable bonds is 5. The molecule has 0 bridgehead atoms. The molecule has 1 heterocycles. The molecule has 0 unspecified atom stereocenters. The number of amides is 3. The molecule has 0 fully saturated rings. The van der Waals surface area contributed by atoms with Crippen molar-refractivity contribution >= 4 is 79.9 Å². The number of thiocarbonyl (C=S) groups is 1. The summed E-state index contributed by atoms with van der Waals surface area (Å²) in [4.78, 5) is 35.5. The van der Waals surface area contributed by atoms with Gasteiger partial charge in [-0.05, 0) is 58.5 Å². The Hall–Kier alpha value is -2.14. The molecule has 0 atom stereocenters. The van der Waals surface area contributed by atoms with Crippen LogP contribution in [-0.2, 0) is 9.59 Å². The van der Waals surface area contributed by atoms with Gasteiger partial charge in [-0.2, -0.15) is 0 Å². The standard InChI is InChI=1S/C16H13BrCl2N4O4S/c17-12-4-3-11(27-12)15(26)21-16(28)23-22-14(25)6-5-13(24)20-10-2-1-8(18)7-9(10)19/h1-4,7H,5-6H2,(H,20,24)(H,22,25)(H2,21,23,26,28). The highest BCUT2D eigenvalue weighted by atomic mass is 79.9. The third-order valence-electron chi connectivity index (χ3n) is 3.12.